The molecule has 96 valence electrons. The average Bonchev–Trinajstić information content (AvgIpc) is 2.91. The molecule has 2 N–H and O–H groups in total. The molecule has 2 heterocycles. The minimum Gasteiger partial charge on any atom is -0.395 e. The summed E-state index contributed by atoms with van der Waals surface area (Å²) in [6.07, 6.45) is 5.36. The molecule has 1 aliphatic rings. The predicted octanol–water partition coefficient (Wildman–Crippen LogP) is -0.101. The molecule has 0 bridgehead atoms. The molecule has 1 saturated heterocycles. The van der Waals surface area contributed by atoms with E-state index in [9.17, 15) is 0 Å². The highest BCUT2D eigenvalue weighted by atomic mass is 16.3. The van der Waals surface area contributed by atoms with Crippen LogP contribution in [0.15, 0.2) is 12.4 Å². The van der Waals surface area contributed by atoms with Crippen LogP contribution < -0.4 is 10.2 Å². The van der Waals surface area contributed by atoms with E-state index >= 15 is 0 Å². The first-order valence-electron chi connectivity index (χ1n) is 6.15. The molecular weight excluding hydrogens is 230 g/mol. The Morgan fingerprint density at radius 1 is 1.50 bits per heavy atom. The Hall–Kier alpha value is -1.71. The molecule has 1 atom stereocenters. The first-order chi connectivity index (χ1) is 8.85. The molecule has 2 rings (SSSR count). The zero-order valence-corrected chi connectivity index (χ0v) is 10.2. The Labute approximate surface area is 106 Å². The fraction of sp³-hybridized carbons (Fsp3) is 0.583. The molecule has 1 fully saturated rings. The van der Waals surface area contributed by atoms with Crippen LogP contribution >= 0.6 is 0 Å². The highest BCUT2D eigenvalue weighted by Crippen LogP contribution is 2.16. The van der Waals surface area contributed by atoms with Crippen molar-refractivity contribution in [1.29, 1.82) is 5.26 Å². The topological polar surface area (TPSA) is 85.1 Å². The summed E-state index contributed by atoms with van der Waals surface area (Å²) in [6, 6.07) is 2.44. The van der Waals surface area contributed by atoms with Gasteiger partial charge in [0.1, 0.15) is 6.07 Å². The van der Waals surface area contributed by atoms with Crippen LogP contribution in [-0.2, 0) is 0 Å². The van der Waals surface area contributed by atoms with Crippen LogP contribution in [0.4, 0.5) is 5.82 Å². The summed E-state index contributed by atoms with van der Waals surface area (Å²) >= 11 is 0. The smallest absolute Gasteiger partial charge is 0.183 e. The van der Waals surface area contributed by atoms with Gasteiger partial charge in [-0.1, -0.05) is 0 Å². The van der Waals surface area contributed by atoms with Crippen LogP contribution in [0.2, 0.25) is 0 Å². The second-order valence-electron chi connectivity index (χ2n) is 4.30. The Morgan fingerprint density at radius 3 is 3.00 bits per heavy atom. The maximum atomic E-state index is 9.14. The number of nitrogens with one attached hydrogen (secondary N) is 1. The van der Waals surface area contributed by atoms with Crippen molar-refractivity contribution in [3.63, 3.8) is 0 Å². The van der Waals surface area contributed by atoms with Gasteiger partial charge < -0.3 is 15.3 Å². The van der Waals surface area contributed by atoms with E-state index in [0.717, 1.165) is 19.5 Å². The lowest BCUT2D eigenvalue weighted by Crippen LogP contribution is -2.40. The third kappa shape index (κ3) is 2.94. The van der Waals surface area contributed by atoms with Crippen molar-refractivity contribution in [1.82, 2.24) is 15.3 Å². The molecule has 0 saturated carbocycles. The summed E-state index contributed by atoms with van der Waals surface area (Å²) in [5, 5.41) is 21.6. The number of hydrogen-bond donors (Lipinski definition) is 2. The lowest BCUT2D eigenvalue weighted by atomic mass is 10.2. The molecule has 0 spiro atoms. The van der Waals surface area contributed by atoms with Crippen molar-refractivity contribution in [3.05, 3.63) is 18.1 Å². The Kier molecular flexibility index (Phi) is 4.45. The summed E-state index contributed by atoms with van der Waals surface area (Å²) in [5.41, 5.74) is 0.309. The first kappa shape index (κ1) is 12.7. The second kappa shape index (κ2) is 6.28. The zero-order valence-electron chi connectivity index (χ0n) is 10.2. The molecule has 6 nitrogen and oxygen atoms in total. The number of nitriles is 1. The summed E-state index contributed by atoms with van der Waals surface area (Å²) < 4.78 is 0. The largest absolute Gasteiger partial charge is 0.395 e. The molecule has 1 aliphatic heterocycles. The SMILES string of the molecule is N#Cc1nccnc1N(CCO)CC1CCCN1. The Bertz CT molecular complexity index is 425. The van der Waals surface area contributed by atoms with Crippen molar-refractivity contribution >= 4 is 5.82 Å². The van der Waals surface area contributed by atoms with E-state index in [0.29, 0.717) is 24.1 Å². The molecule has 0 radical (unpaired) electrons. The number of rotatable bonds is 5. The van der Waals surface area contributed by atoms with Crippen LogP contribution in [0.1, 0.15) is 18.5 Å². The minimum atomic E-state index is 0.0359. The number of nitrogens with zero attached hydrogens (tertiary/aromatic N) is 4. The Morgan fingerprint density at radius 2 is 2.33 bits per heavy atom. The maximum absolute atomic E-state index is 9.14. The van der Waals surface area contributed by atoms with Gasteiger partial charge in [0.15, 0.2) is 11.5 Å². The van der Waals surface area contributed by atoms with E-state index < -0.39 is 0 Å². The number of aliphatic hydroxyl groups is 1. The van der Waals surface area contributed by atoms with Crippen molar-refractivity contribution in [2.45, 2.75) is 18.9 Å². The molecule has 1 aromatic heterocycles. The van der Waals surface area contributed by atoms with E-state index in [2.05, 4.69) is 15.3 Å². The lowest BCUT2D eigenvalue weighted by Gasteiger charge is -2.26. The Balaban J connectivity index is 2.15. The summed E-state index contributed by atoms with van der Waals surface area (Å²) in [7, 11) is 0. The summed E-state index contributed by atoms with van der Waals surface area (Å²) in [5.74, 6) is 0.558. The van der Waals surface area contributed by atoms with E-state index in [1.807, 2.05) is 11.0 Å². The van der Waals surface area contributed by atoms with Crippen molar-refractivity contribution in [2.75, 3.05) is 31.1 Å². The minimum absolute atomic E-state index is 0.0359. The number of hydrogen-bond acceptors (Lipinski definition) is 6. The monoisotopic (exact) mass is 247 g/mol. The first-order valence-corrected chi connectivity index (χ1v) is 6.15. The van der Waals surface area contributed by atoms with E-state index in [1.165, 1.54) is 12.6 Å². The third-order valence-electron chi connectivity index (χ3n) is 3.06. The van der Waals surface area contributed by atoms with Gasteiger partial charge in [0.2, 0.25) is 0 Å². The van der Waals surface area contributed by atoms with Crippen molar-refractivity contribution in [3.8, 4) is 6.07 Å². The summed E-state index contributed by atoms with van der Waals surface area (Å²) in [4.78, 5) is 10.1. The molecular formula is C12H17N5O. The number of aliphatic hydroxyl groups excluding tert-OH is 1. The van der Waals surface area contributed by atoms with Crippen molar-refractivity contribution < 1.29 is 5.11 Å². The zero-order chi connectivity index (χ0) is 12.8. The normalized spacial score (nSPS) is 18.6. The highest BCUT2D eigenvalue weighted by Gasteiger charge is 2.20. The fourth-order valence-electron chi connectivity index (χ4n) is 2.22. The molecule has 1 unspecified atom stereocenters. The molecule has 0 amide bonds. The van der Waals surface area contributed by atoms with Gasteiger partial charge in [-0.15, -0.1) is 0 Å². The maximum Gasteiger partial charge on any atom is 0.183 e. The second-order valence-corrected chi connectivity index (χ2v) is 4.30. The van der Waals surface area contributed by atoms with Gasteiger partial charge >= 0.3 is 0 Å². The van der Waals surface area contributed by atoms with Gasteiger partial charge in [-0.3, -0.25) is 0 Å². The summed E-state index contributed by atoms with van der Waals surface area (Å²) in [6.45, 7) is 2.27. The predicted molar refractivity (Wildman–Crippen MR) is 67.1 cm³/mol. The average molecular weight is 247 g/mol. The van der Waals surface area contributed by atoms with Crippen molar-refractivity contribution in [2.24, 2.45) is 0 Å². The molecule has 6 heteroatoms. The molecule has 0 aromatic carbocycles. The van der Waals surface area contributed by atoms with Gasteiger partial charge in [0.25, 0.3) is 0 Å². The van der Waals surface area contributed by atoms with E-state index in [-0.39, 0.29) is 6.61 Å². The highest BCUT2D eigenvalue weighted by molar-refractivity contribution is 5.49. The van der Waals surface area contributed by atoms with E-state index in [1.54, 1.807) is 6.20 Å². The van der Waals surface area contributed by atoms with Gasteiger partial charge in [0.05, 0.1) is 6.61 Å². The number of anilines is 1. The van der Waals surface area contributed by atoms with Crippen LogP contribution in [0, 0.1) is 11.3 Å². The molecule has 0 aliphatic carbocycles. The van der Waals surface area contributed by atoms with Gasteiger partial charge in [-0.05, 0) is 19.4 Å². The van der Waals surface area contributed by atoms with Gasteiger partial charge in [-0.25, -0.2) is 9.97 Å². The van der Waals surface area contributed by atoms with Crippen LogP contribution in [0.25, 0.3) is 0 Å². The van der Waals surface area contributed by atoms with Crippen LogP contribution in [0.3, 0.4) is 0 Å². The van der Waals surface area contributed by atoms with E-state index in [4.69, 9.17) is 10.4 Å². The van der Waals surface area contributed by atoms with Crippen LogP contribution in [0.5, 0.6) is 0 Å². The lowest BCUT2D eigenvalue weighted by molar-refractivity contribution is 0.300. The standard InChI is InChI=1S/C12H17N5O/c13-8-11-12(16-5-4-15-11)17(6-7-18)9-10-2-1-3-14-10/h4-5,10,14,18H,1-3,6-7,9H2. The fourth-order valence-corrected chi connectivity index (χ4v) is 2.22. The number of aromatic nitrogens is 2. The van der Waals surface area contributed by atoms with Crippen LogP contribution in [-0.4, -0.2) is 47.4 Å². The molecule has 1 aromatic rings. The molecule has 18 heavy (non-hydrogen) atoms. The van der Waals surface area contributed by atoms with Gasteiger partial charge in [-0.2, -0.15) is 5.26 Å². The third-order valence-corrected chi connectivity index (χ3v) is 3.06. The van der Waals surface area contributed by atoms with Gasteiger partial charge in [0, 0.05) is 31.5 Å². The quantitative estimate of drug-likeness (QED) is 0.755.